The van der Waals surface area contributed by atoms with Crippen molar-refractivity contribution in [2.75, 3.05) is 6.61 Å². The van der Waals surface area contributed by atoms with Crippen molar-refractivity contribution >= 4 is 17.6 Å². The maximum atomic E-state index is 11.9. The molecule has 0 radical (unpaired) electrons. The monoisotopic (exact) mass is 312 g/mol. The number of hydrogen-bond acceptors (Lipinski definition) is 4. The molecule has 0 unspecified atom stereocenters. The van der Waals surface area contributed by atoms with Crippen LogP contribution in [0, 0.1) is 0 Å². The van der Waals surface area contributed by atoms with Gasteiger partial charge in [0.25, 0.3) is 5.91 Å². The first-order valence-electron chi connectivity index (χ1n) is 6.91. The predicted octanol–water partition coefficient (Wildman–Crippen LogP) is 2.30. The number of hydrogen-bond donors (Lipinski definition) is 2. The lowest BCUT2D eigenvalue weighted by atomic mass is 10.1. The summed E-state index contributed by atoms with van der Waals surface area (Å²) < 4.78 is 5.05. The van der Waals surface area contributed by atoms with Crippen LogP contribution >= 0.6 is 0 Å². The van der Waals surface area contributed by atoms with Crippen molar-refractivity contribution in [2.24, 2.45) is 5.10 Å². The number of nitrogens with one attached hydrogen (secondary N) is 1. The Balaban J connectivity index is 1.98. The average Bonchev–Trinajstić information content (AvgIpc) is 2.58. The molecule has 2 N–H and O–H groups in total. The Hall–Kier alpha value is -3.15. The molecule has 1 amide bonds. The lowest BCUT2D eigenvalue weighted by Gasteiger charge is -2.05. The SMILES string of the molecule is C/C(=N/NC(=O)c1ccccc1)c1ccc(OCC(=O)O)cc1. The average molecular weight is 312 g/mol. The summed E-state index contributed by atoms with van der Waals surface area (Å²) in [6.07, 6.45) is 0. The number of aliphatic carboxylic acids is 1. The number of carboxylic acid groups (broad SMARTS) is 1. The second kappa shape index (κ2) is 7.74. The van der Waals surface area contributed by atoms with Gasteiger partial charge in [-0.2, -0.15) is 5.10 Å². The molecule has 0 fully saturated rings. The molecule has 0 heterocycles. The van der Waals surface area contributed by atoms with Crippen molar-refractivity contribution in [1.82, 2.24) is 5.43 Å². The van der Waals surface area contributed by atoms with E-state index in [9.17, 15) is 9.59 Å². The molecule has 0 spiro atoms. The zero-order chi connectivity index (χ0) is 16.7. The van der Waals surface area contributed by atoms with E-state index in [4.69, 9.17) is 9.84 Å². The Kier molecular flexibility index (Phi) is 5.46. The fourth-order valence-corrected chi connectivity index (χ4v) is 1.79. The third-order valence-electron chi connectivity index (χ3n) is 3.00. The van der Waals surface area contributed by atoms with Crippen LogP contribution < -0.4 is 10.2 Å². The number of nitrogens with zero attached hydrogens (tertiary/aromatic N) is 1. The molecule has 2 rings (SSSR count). The Morgan fingerprint density at radius 3 is 2.30 bits per heavy atom. The highest BCUT2D eigenvalue weighted by molar-refractivity contribution is 6.00. The Morgan fingerprint density at radius 2 is 1.70 bits per heavy atom. The topological polar surface area (TPSA) is 88.0 Å². The first kappa shape index (κ1) is 16.2. The molecule has 2 aromatic rings. The third-order valence-corrected chi connectivity index (χ3v) is 3.00. The number of carbonyl (C=O) groups excluding carboxylic acids is 1. The smallest absolute Gasteiger partial charge is 0.341 e. The van der Waals surface area contributed by atoms with E-state index in [1.165, 1.54) is 0 Å². The molecule has 0 aliphatic rings. The molecule has 0 saturated carbocycles. The standard InChI is InChI=1S/C17H16N2O4/c1-12(18-19-17(22)14-5-3-2-4-6-14)13-7-9-15(10-8-13)23-11-16(20)21/h2-10H,11H2,1H3,(H,19,22)(H,20,21)/b18-12-. The van der Waals surface area contributed by atoms with Crippen molar-refractivity contribution in [3.8, 4) is 5.75 Å². The van der Waals surface area contributed by atoms with Gasteiger partial charge < -0.3 is 9.84 Å². The van der Waals surface area contributed by atoms with Crippen molar-refractivity contribution in [2.45, 2.75) is 6.92 Å². The molecular formula is C17H16N2O4. The molecule has 2 aromatic carbocycles. The van der Waals surface area contributed by atoms with Gasteiger partial charge in [-0.25, -0.2) is 10.2 Å². The Morgan fingerprint density at radius 1 is 1.04 bits per heavy atom. The quantitative estimate of drug-likeness (QED) is 0.633. The van der Waals surface area contributed by atoms with E-state index in [0.29, 0.717) is 17.0 Å². The molecule has 0 bridgehead atoms. The van der Waals surface area contributed by atoms with Gasteiger partial charge in [0.1, 0.15) is 5.75 Å². The molecule has 6 nitrogen and oxygen atoms in total. The minimum atomic E-state index is -1.03. The van der Waals surface area contributed by atoms with Gasteiger partial charge in [-0.1, -0.05) is 18.2 Å². The Bertz CT molecular complexity index is 709. The van der Waals surface area contributed by atoms with E-state index in [2.05, 4.69) is 10.5 Å². The highest BCUT2D eigenvalue weighted by Crippen LogP contribution is 2.12. The molecule has 0 aliphatic heterocycles. The van der Waals surface area contributed by atoms with Crippen LogP contribution in [-0.2, 0) is 4.79 Å². The van der Waals surface area contributed by atoms with Crippen LogP contribution in [0.25, 0.3) is 0 Å². The van der Waals surface area contributed by atoms with Crippen molar-refractivity contribution in [3.05, 3.63) is 65.7 Å². The highest BCUT2D eigenvalue weighted by atomic mass is 16.5. The summed E-state index contributed by atoms with van der Waals surface area (Å²) in [4.78, 5) is 22.3. The zero-order valence-electron chi connectivity index (χ0n) is 12.5. The second-order valence-electron chi connectivity index (χ2n) is 4.71. The summed E-state index contributed by atoms with van der Waals surface area (Å²) >= 11 is 0. The van der Waals surface area contributed by atoms with Crippen LogP contribution in [0.3, 0.4) is 0 Å². The molecule has 0 atom stereocenters. The van der Waals surface area contributed by atoms with Crippen molar-refractivity contribution < 1.29 is 19.4 Å². The van der Waals surface area contributed by atoms with Crippen LogP contribution in [0.1, 0.15) is 22.8 Å². The molecule has 0 saturated heterocycles. The maximum absolute atomic E-state index is 11.9. The largest absolute Gasteiger partial charge is 0.482 e. The van der Waals surface area contributed by atoms with E-state index in [0.717, 1.165) is 5.56 Å². The number of carbonyl (C=O) groups is 2. The maximum Gasteiger partial charge on any atom is 0.341 e. The summed E-state index contributed by atoms with van der Waals surface area (Å²) in [6.45, 7) is 1.37. The summed E-state index contributed by atoms with van der Waals surface area (Å²) in [6, 6.07) is 15.6. The zero-order valence-corrected chi connectivity index (χ0v) is 12.5. The minimum Gasteiger partial charge on any atom is -0.482 e. The molecule has 118 valence electrons. The van der Waals surface area contributed by atoms with E-state index in [1.807, 2.05) is 6.07 Å². The first-order valence-corrected chi connectivity index (χ1v) is 6.91. The van der Waals surface area contributed by atoms with Crippen LogP contribution in [-0.4, -0.2) is 29.3 Å². The summed E-state index contributed by atoms with van der Waals surface area (Å²) in [7, 11) is 0. The van der Waals surface area contributed by atoms with Gasteiger partial charge in [0, 0.05) is 5.56 Å². The number of amides is 1. The van der Waals surface area contributed by atoms with Gasteiger partial charge >= 0.3 is 5.97 Å². The van der Waals surface area contributed by atoms with Crippen LogP contribution in [0.2, 0.25) is 0 Å². The highest BCUT2D eigenvalue weighted by Gasteiger charge is 2.04. The van der Waals surface area contributed by atoms with E-state index < -0.39 is 5.97 Å². The first-order chi connectivity index (χ1) is 11.1. The van der Waals surface area contributed by atoms with Crippen molar-refractivity contribution in [1.29, 1.82) is 0 Å². The number of hydrazone groups is 1. The number of rotatable bonds is 6. The predicted molar refractivity (Wildman–Crippen MR) is 85.7 cm³/mol. The summed E-state index contributed by atoms with van der Waals surface area (Å²) in [5.74, 6) is -0.862. The normalized spacial score (nSPS) is 10.9. The lowest BCUT2D eigenvalue weighted by Crippen LogP contribution is -2.19. The number of ether oxygens (including phenoxy) is 1. The third kappa shape index (κ3) is 4.96. The molecule has 0 aliphatic carbocycles. The van der Waals surface area contributed by atoms with Crippen LogP contribution in [0.15, 0.2) is 59.7 Å². The van der Waals surface area contributed by atoms with E-state index in [-0.39, 0.29) is 12.5 Å². The van der Waals surface area contributed by atoms with Gasteiger partial charge in [-0.3, -0.25) is 4.79 Å². The number of benzene rings is 2. The van der Waals surface area contributed by atoms with Gasteiger partial charge in [-0.15, -0.1) is 0 Å². The second-order valence-corrected chi connectivity index (χ2v) is 4.71. The molecular weight excluding hydrogens is 296 g/mol. The lowest BCUT2D eigenvalue weighted by molar-refractivity contribution is -0.139. The number of carboxylic acids is 1. The fraction of sp³-hybridized carbons (Fsp3) is 0.118. The fourth-order valence-electron chi connectivity index (χ4n) is 1.79. The van der Waals surface area contributed by atoms with E-state index >= 15 is 0 Å². The van der Waals surface area contributed by atoms with Gasteiger partial charge in [0.05, 0.1) is 5.71 Å². The molecule has 23 heavy (non-hydrogen) atoms. The van der Waals surface area contributed by atoms with Gasteiger partial charge in [0.2, 0.25) is 0 Å². The minimum absolute atomic E-state index is 0.286. The van der Waals surface area contributed by atoms with Gasteiger partial charge in [0.15, 0.2) is 6.61 Å². The van der Waals surface area contributed by atoms with Crippen molar-refractivity contribution in [3.63, 3.8) is 0 Å². The van der Waals surface area contributed by atoms with Crippen LogP contribution in [0.4, 0.5) is 0 Å². The molecule has 6 heteroatoms. The van der Waals surface area contributed by atoms with E-state index in [1.54, 1.807) is 55.5 Å². The Labute approximate surface area is 133 Å². The summed E-state index contributed by atoms with van der Waals surface area (Å²) in [5.41, 5.74) is 4.44. The van der Waals surface area contributed by atoms with Gasteiger partial charge in [-0.05, 0) is 48.9 Å². The summed E-state index contributed by atoms with van der Waals surface area (Å²) in [5, 5.41) is 12.6. The molecule has 0 aromatic heterocycles. The van der Waals surface area contributed by atoms with Crippen LogP contribution in [0.5, 0.6) is 5.75 Å².